The first-order valence-corrected chi connectivity index (χ1v) is 4.90. The third kappa shape index (κ3) is 1.55. The van der Waals surface area contributed by atoms with Gasteiger partial charge in [-0.05, 0) is 6.07 Å². The molecule has 80 valence electrons. The van der Waals surface area contributed by atoms with Crippen molar-refractivity contribution in [2.24, 2.45) is 0 Å². The Labute approximate surface area is 96.5 Å². The van der Waals surface area contributed by atoms with Crippen LogP contribution in [0.2, 0.25) is 5.02 Å². The zero-order valence-electron chi connectivity index (χ0n) is 8.38. The summed E-state index contributed by atoms with van der Waals surface area (Å²) >= 11 is 5.70. The van der Waals surface area contributed by atoms with Crippen molar-refractivity contribution >= 4 is 28.2 Å². The van der Waals surface area contributed by atoms with Crippen molar-refractivity contribution in [1.29, 1.82) is 5.26 Å². The van der Waals surface area contributed by atoms with Crippen LogP contribution in [0.3, 0.4) is 0 Å². The smallest absolute Gasteiger partial charge is 0.143 e. The molecule has 0 atom stereocenters. The lowest BCUT2D eigenvalue weighted by molar-refractivity contribution is 0.630. The van der Waals surface area contributed by atoms with Crippen molar-refractivity contribution in [3.8, 4) is 6.07 Å². The van der Waals surface area contributed by atoms with Gasteiger partial charge in [0.05, 0.1) is 21.8 Å². The number of anilines is 1. The van der Waals surface area contributed by atoms with E-state index < -0.39 is 5.82 Å². The molecule has 1 heterocycles. The number of nitriles is 1. The number of fused-ring (bicyclic) bond motifs is 1. The largest absolute Gasteiger partial charge is 0.386 e. The van der Waals surface area contributed by atoms with E-state index in [0.717, 1.165) is 0 Å². The van der Waals surface area contributed by atoms with Crippen LogP contribution in [0.5, 0.6) is 0 Å². The molecule has 2 rings (SSSR count). The minimum Gasteiger partial charge on any atom is -0.386 e. The number of aromatic nitrogens is 1. The summed E-state index contributed by atoms with van der Waals surface area (Å²) in [6, 6.07) is 4.72. The fraction of sp³-hybridized carbons (Fsp3) is 0.0909. The van der Waals surface area contributed by atoms with Crippen molar-refractivity contribution in [2.45, 2.75) is 0 Å². The molecule has 5 heteroatoms. The van der Waals surface area contributed by atoms with Gasteiger partial charge in [0.25, 0.3) is 0 Å². The van der Waals surface area contributed by atoms with Crippen LogP contribution in [0.4, 0.5) is 10.1 Å². The lowest BCUT2D eigenvalue weighted by atomic mass is 10.1. The van der Waals surface area contributed by atoms with Crippen molar-refractivity contribution in [1.82, 2.24) is 4.98 Å². The Balaban J connectivity index is 2.88. The number of halogens is 2. The maximum absolute atomic E-state index is 13.2. The van der Waals surface area contributed by atoms with E-state index in [2.05, 4.69) is 10.3 Å². The minimum atomic E-state index is -0.520. The van der Waals surface area contributed by atoms with Gasteiger partial charge in [-0.3, -0.25) is 4.98 Å². The van der Waals surface area contributed by atoms with Gasteiger partial charge in [-0.1, -0.05) is 11.6 Å². The Morgan fingerprint density at radius 2 is 2.25 bits per heavy atom. The van der Waals surface area contributed by atoms with Gasteiger partial charge in [0.1, 0.15) is 11.9 Å². The maximum Gasteiger partial charge on any atom is 0.143 e. The first-order chi connectivity index (χ1) is 7.67. The standard InChI is InChI=1S/C11H7ClFN3/c1-15-11-6(4-14)5-16-10-3-9(13)8(12)2-7(10)11/h2-3,5H,1H3,(H,15,16). The lowest BCUT2D eigenvalue weighted by Crippen LogP contribution is -1.96. The molecule has 0 aliphatic heterocycles. The molecule has 0 bridgehead atoms. The second-order valence-electron chi connectivity index (χ2n) is 3.19. The SMILES string of the molecule is CNc1c(C#N)cnc2cc(F)c(Cl)cc12. The molecule has 2 aromatic rings. The van der Waals surface area contributed by atoms with Gasteiger partial charge in [0.15, 0.2) is 0 Å². The molecule has 0 spiro atoms. The van der Waals surface area contributed by atoms with Crippen LogP contribution in [-0.2, 0) is 0 Å². The number of hydrogen-bond acceptors (Lipinski definition) is 3. The summed E-state index contributed by atoms with van der Waals surface area (Å²) in [7, 11) is 1.69. The maximum atomic E-state index is 13.2. The summed E-state index contributed by atoms with van der Waals surface area (Å²) in [6.07, 6.45) is 1.40. The van der Waals surface area contributed by atoms with Crippen LogP contribution in [0.15, 0.2) is 18.3 Å². The van der Waals surface area contributed by atoms with Crippen LogP contribution in [0.25, 0.3) is 10.9 Å². The van der Waals surface area contributed by atoms with Gasteiger partial charge in [-0.15, -0.1) is 0 Å². The number of benzene rings is 1. The average molecular weight is 236 g/mol. The predicted molar refractivity (Wildman–Crippen MR) is 61.0 cm³/mol. The van der Waals surface area contributed by atoms with E-state index in [1.165, 1.54) is 18.3 Å². The Kier molecular flexibility index (Phi) is 2.63. The van der Waals surface area contributed by atoms with Gasteiger partial charge in [0, 0.05) is 24.7 Å². The summed E-state index contributed by atoms with van der Waals surface area (Å²) in [5, 5.41) is 12.4. The molecule has 0 aliphatic rings. The fourth-order valence-corrected chi connectivity index (χ4v) is 1.70. The zero-order chi connectivity index (χ0) is 11.7. The van der Waals surface area contributed by atoms with Crippen molar-refractivity contribution in [2.75, 3.05) is 12.4 Å². The highest BCUT2D eigenvalue weighted by Crippen LogP contribution is 2.29. The molecule has 0 saturated heterocycles. The van der Waals surface area contributed by atoms with Crippen LogP contribution in [0.1, 0.15) is 5.56 Å². The lowest BCUT2D eigenvalue weighted by Gasteiger charge is -2.07. The number of rotatable bonds is 1. The van der Waals surface area contributed by atoms with Crippen molar-refractivity contribution in [3.63, 3.8) is 0 Å². The van der Waals surface area contributed by atoms with E-state index in [9.17, 15) is 4.39 Å². The second kappa shape index (κ2) is 3.95. The highest BCUT2D eigenvalue weighted by molar-refractivity contribution is 6.31. The molecule has 0 fully saturated rings. The van der Waals surface area contributed by atoms with Crippen LogP contribution >= 0.6 is 11.6 Å². The van der Waals surface area contributed by atoms with Gasteiger partial charge in [-0.2, -0.15) is 5.26 Å². The molecule has 0 amide bonds. The Bertz CT molecular complexity index is 604. The summed E-state index contributed by atoms with van der Waals surface area (Å²) < 4.78 is 13.2. The predicted octanol–water partition coefficient (Wildman–Crippen LogP) is 2.94. The molecule has 3 nitrogen and oxygen atoms in total. The summed E-state index contributed by atoms with van der Waals surface area (Å²) in [6.45, 7) is 0. The van der Waals surface area contributed by atoms with Gasteiger partial charge >= 0.3 is 0 Å². The van der Waals surface area contributed by atoms with E-state index in [4.69, 9.17) is 16.9 Å². The number of pyridine rings is 1. The van der Waals surface area contributed by atoms with E-state index in [0.29, 0.717) is 22.2 Å². The molecule has 0 aliphatic carbocycles. The Morgan fingerprint density at radius 1 is 1.50 bits per heavy atom. The molecule has 1 aromatic heterocycles. The normalized spacial score (nSPS) is 10.1. The Morgan fingerprint density at radius 3 is 2.88 bits per heavy atom. The molecular formula is C11H7ClFN3. The molecule has 1 N–H and O–H groups in total. The van der Waals surface area contributed by atoms with Crippen LogP contribution in [-0.4, -0.2) is 12.0 Å². The number of hydrogen-bond donors (Lipinski definition) is 1. The third-order valence-corrected chi connectivity index (χ3v) is 2.57. The van der Waals surface area contributed by atoms with Crippen molar-refractivity contribution < 1.29 is 4.39 Å². The Hall–Kier alpha value is -1.86. The molecule has 16 heavy (non-hydrogen) atoms. The van der Waals surface area contributed by atoms with Crippen LogP contribution in [0, 0.1) is 17.1 Å². The van der Waals surface area contributed by atoms with Gasteiger partial charge in [0.2, 0.25) is 0 Å². The molecular weight excluding hydrogens is 229 g/mol. The van der Waals surface area contributed by atoms with Gasteiger partial charge in [-0.25, -0.2) is 4.39 Å². The van der Waals surface area contributed by atoms with E-state index in [-0.39, 0.29) is 5.02 Å². The summed E-state index contributed by atoms with van der Waals surface area (Å²) in [5.41, 5.74) is 1.47. The first kappa shape index (κ1) is 10.7. The monoisotopic (exact) mass is 235 g/mol. The quantitative estimate of drug-likeness (QED) is 0.827. The highest BCUT2D eigenvalue weighted by atomic mass is 35.5. The minimum absolute atomic E-state index is 0.0147. The average Bonchev–Trinajstić information content (AvgIpc) is 2.29. The number of nitrogens with one attached hydrogen (secondary N) is 1. The third-order valence-electron chi connectivity index (χ3n) is 2.28. The highest BCUT2D eigenvalue weighted by Gasteiger charge is 2.10. The zero-order valence-corrected chi connectivity index (χ0v) is 9.14. The first-order valence-electron chi connectivity index (χ1n) is 4.53. The molecule has 0 saturated carbocycles. The van der Waals surface area contributed by atoms with Gasteiger partial charge < -0.3 is 5.32 Å². The molecule has 0 radical (unpaired) electrons. The van der Waals surface area contributed by atoms with E-state index in [1.807, 2.05) is 6.07 Å². The van der Waals surface area contributed by atoms with Crippen LogP contribution < -0.4 is 5.32 Å². The van der Waals surface area contributed by atoms with Crippen molar-refractivity contribution in [3.05, 3.63) is 34.7 Å². The second-order valence-corrected chi connectivity index (χ2v) is 3.60. The topological polar surface area (TPSA) is 48.7 Å². The summed E-state index contributed by atoms with van der Waals surface area (Å²) in [5.74, 6) is -0.520. The summed E-state index contributed by atoms with van der Waals surface area (Å²) in [4.78, 5) is 4.00. The number of nitrogens with zero attached hydrogens (tertiary/aromatic N) is 2. The molecule has 0 unspecified atom stereocenters. The van der Waals surface area contributed by atoms with E-state index in [1.54, 1.807) is 7.05 Å². The molecule has 1 aromatic carbocycles. The van der Waals surface area contributed by atoms with E-state index >= 15 is 0 Å². The fourth-order valence-electron chi connectivity index (χ4n) is 1.54.